The maximum absolute atomic E-state index is 5.45. The van der Waals surface area contributed by atoms with Crippen LogP contribution in [-0.2, 0) is 6.54 Å². The summed E-state index contributed by atoms with van der Waals surface area (Å²) < 4.78 is 5.45. The van der Waals surface area contributed by atoms with Crippen LogP contribution in [0, 0.1) is 13.8 Å². The number of likely N-dealkylation sites (tertiary alicyclic amines) is 1. The Kier molecular flexibility index (Phi) is 8.44. The van der Waals surface area contributed by atoms with E-state index in [4.69, 9.17) is 4.74 Å². The van der Waals surface area contributed by atoms with Crippen molar-refractivity contribution < 1.29 is 4.74 Å². The van der Waals surface area contributed by atoms with Gasteiger partial charge in [-0.3, -0.25) is 9.88 Å². The van der Waals surface area contributed by atoms with Gasteiger partial charge >= 0.3 is 0 Å². The Morgan fingerprint density at radius 2 is 2.10 bits per heavy atom. The third-order valence-electron chi connectivity index (χ3n) is 3.80. The molecule has 1 aliphatic heterocycles. The number of methoxy groups -OCH3 is 1. The quantitative estimate of drug-likeness (QED) is 0.923. The molecule has 1 N–H and O–H groups in total. The maximum Gasteiger partial charge on any atom is 0.128 e. The van der Waals surface area contributed by atoms with Crippen molar-refractivity contribution in [3.63, 3.8) is 0 Å². The molecule has 0 saturated carbocycles. The summed E-state index contributed by atoms with van der Waals surface area (Å²) in [5, 5.41) is 3.34. The summed E-state index contributed by atoms with van der Waals surface area (Å²) in [6.45, 7) is 7.30. The summed E-state index contributed by atoms with van der Waals surface area (Å²) in [6, 6.07) is 0.623. The number of ether oxygens (including phenoxy) is 1. The Labute approximate surface area is 134 Å². The molecule has 1 aromatic heterocycles. The second-order valence-electron chi connectivity index (χ2n) is 5.06. The number of nitrogens with zero attached hydrogens (tertiary/aromatic N) is 2. The molecular formula is C14H25Cl2N3O. The largest absolute Gasteiger partial charge is 0.496 e. The highest BCUT2D eigenvalue weighted by atomic mass is 35.5. The van der Waals surface area contributed by atoms with E-state index >= 15 is 0 Å². The minimum Gasteiger partial charge on any atom is -0.496 e. The summed E-state index contributed by atoms with van der Waals surface area (Å²) in [5.74, 6) is 0.976. The van der Waals surface area contributed by atoms with Crippen LogP contribution in [0.25, 0.3) is 0 Å². The van der Waals surface area contributed by atoms with Gasteiger partial charge in [0.15, 0.2) is 0 Å². The lowest BCUT2D eigenvalue weighted by atomic mass is 10.1. The summed E-state index contributed by atoms with van der Waals surface area (Å²) >= 11 is 0. The molecule has 1 unspecified atom stereocenters. The molecule has 1 saturated heterocycles. The van der Waals surface area contributed by atoms with Crippen molar-refractivity contribution in [3.05, 3.63) is 23.0 Å². The van der Waals surface area contributed by atoms with Crippen molar-refractivity contribution in [2.45, 2.75) is 32.9 Å². The first-order valence-electron chi connectivity index (χ1n) is 6.54. The van der Waals surface area contributed by atoms with Crippen LogP contribution in [0.3, 0.4) is 0 Å². The highest BCUT2D eigenvalue weighted by Gasteiger charge is 2.22. The van der Waals surface area contributed by atoms with Crippen LogP contribution in [0.1, 0.15) is 23.2 Å². The molecule has 2 heterocycles. The third-order valence-corrected chi connectivity index (χ3v) is 3.80. The van der Waals surface area contributed by atoms with Crippen LogP contribution >= 0.6 is 24.8 Å². The van der Waals surface area contributed by atoms with Gasteiger partial charge in [-0.25, -0.2) is 0 Å². The molecular weight excluding hydrogens is 297 g/mol. The first-order chi connectivity index (χ1) is 8.65. The number of pyridine rings is 1. The van der Waals surface area contributed by atoms with Crippen LogP contribution in [0.5, 0.6) is 5.75 Å². The van der Waals surface area contributed by atoms with Gasteiger partial charge in [-0.15, -0.1) is 24.8 Å². The van der Waals surface area contributed by atoms with E-state index in [9.17, 15) is 0 Å². The number of hydrogen-bond acceptors (Lipinski definition) is 4. The fourth-order valence-corrected chi connectivity index (χ4v) is 2.65. The Hall–Kier alpha value is -0.550. The molecule has 0 aromatic carbocycles. The van der Waals surface area contributed by atoms with Crippen LogP contribution in [0.15, 0.2) is 6.20 Å². The zero-order valence-corrected chi connectivity index (χ0v) is 14.2. The number of halogens is 2. The summed E-state index contributed by atoms with van der Waals surface area (Å²) in [7, 11) is 3.76. The zero-order chi connectivity index (χ0) is 13.1. The topological polar surface area (TPSA) is 37.4 Å². The van der Waals surface area contributed by atoms with Gasteiger partial charge in [-0.05, 0) is 27.3 Å². The normalized spacial score (nSPS) is 18.3. The smallest absolute Gasteiger partial charge is 0.128 e. The van der Waals surface area contributed by atoms with Gasteiger partial charge in [0.1, 0.15) is 5.75 Å². The molecule has 2 rings (SSSR count). The molecule has 1 atom stereocenters. The second-order valence-corrected chi connectivity index (χ2v) is 5.06. The van der Waals surface area contributed by atoms with Gasteiger partial charge in [0, 0.05) is 43.0 Å². The Morgan fingerprint density at radius 1 is 1.40 bits per heavy atom. The van der Waals surface area contributed by atoms with E-state index in [0.29, 0.717) is 6.04 Å². The molecule has 6 heteroatoms. The van der Waals surface area contributed by atoms with Crippen LogP contribution < -0.4 is 10.1 Å². The lowest BCUT2D eigenvalue weighted by Gasteiger charge is -2.18. The third kappa shape index (κ3) is 4.22. The van der Waals surface area contributed by atoms with Crippen molar-refractivity contribution in [2.24, 2.45) is 0 Å². The van der Waals surface area contributed by atoms with Gasteiger partial charge in [0.2, 0.25) is 0 Å². The zero-order valence-electron chi connectivity index (χ0n) is 12.6. The second kappa shape index (κ2) is 8.67. The van der Waals surface area contributed by atoms with Crippen LogP contribution in [0.2, 0.25) is 0 Å². The molecule has 0 aliphatic carbocycles. The Bertz CT molecular complexity index is 429. The van der Waals surface area contributed by atoms with Crippen molar-refractivity contribution in [3.8, 4) is 5.75 Å². The molecule has 0 spiro atoms. The number of aryl methyl sites for hydroxylation is 1. The summed E-state index contributed by atoms with van der Waals surface area (Å²) in [4.78, 5) is 7.01. The van der Waals surface area contributed by atoms with E-state index in [1.807, 2.05) is 20.2 Å². The Balaban J connectivity index is 0.00000180. The lowest BCUT2D eigenvalue weighted by molar-refractivity contribution is 0.316. The minimum atomic E-state index is 0. The van der Waals surface area contributed by atoms with Crippen molar-refractivity contribution in [1.29, 1.82) is 0 Å². The van der Waals surface area contributed by atoms with E-state index in [1.165, 1.54) is 12.0 Å². The fraction of sp³-hybridized carbons (Fsp3) is 0.643. The van der Waals surface area contributed by atoms with E-state index < -0.39 is 0 Å². The van der Waals surface area contributed by atoms with Gasteiger partial charge in [-0.2, -0.15) is 0 Å². The van der Waals surface area contributed by atoms with Gasteiger partial charge in [0.25, 0.3) is 0 Å². The molecule has 0 radical (unpaired) electrons. The molecule has 116 valence electrons. The molecule has 1 aromatic rings. The van der Waals surface area contributed by atoms with E-state index in [0.717, 1.165) is 36.6 Å². The summed E-state index contributed by atoms with van der Waals surface area (Å²) in [5.41, 5.74) is 3.41. The molecule has 1 fully saturated rings. The van der Waals surface area contributed by atoms with E-state index in [1.54, 1.807) is 7.11 Å². The molecule has 20 heavy (non-hydrogen) atoms. The first-order valence-corrected chi connectivity index (χ1v) is 6.54. The highest BCUT2D eigenvalue weighted by molar-refractivity contribution is 5.85. The van der Waals surface area contributed by atoms with Crippen molar-refractivity contribution in [1.82, 2.24) is 15.2 Å². The van der Waals surface area contributed by atoms with Crippen LogP contribution in [0.4, 0.5) is 0 Å². The number of likely N-dealkylation sites (N-methyl/N-ethyl adjacent to an activating group) is 1. The monoisotopic (exact) mass is 321 g/mol. The van der Waals surface area contributed by atoms with Gasteiger partial charge < -0.3 is 10.1 Å². The van der Waals surface area contributed by atoms with E-state index in [-0.39, 0.29) is 24.8 Å². The van der Waals surface area contributed by atoms with Gasteiger partial charge in [0.05, 0.1) is 12.8 Å². The number of aromatic nitrogens is 1. The molecule has 0 bridgehead atoms. The van der Waals surface area contributed by atoms with Crippen LogP contribution in [-0.4, -0.2) is 43.2 Å². The molecule has 4 nitrogen and oxygen atoms in total. The average molecular weight is 322 g/mol. The van der Waals surface area contributed by atoms with Crippen molar-refractivity contribution in [2.75, 3.05) is 27.2 Å². The Morgan fingerprint density at radius 3 is 2.65 bits per heavy atom. The SMILES string of the molecule is CNC1CCN(Cc2ncc(C)c(OC)c2C)C1.Cl.Cl. The number of hydrogen-bond donors (Lipinski definition) is 1. The van der Waals surface area contributed by atoms with E-state index in [2.05, 4.69) is 22.1 Å². The number of nitrogens with one attached hydrogen (secondary N) is 1. The van der Waals surface area contributed by atoms with Crippen molar-refractivity contribution >= 4 is 24.8 Å². The average Bonchev–Trinajstić information content (AvgIpc) is 2.81. The highest BCUT2D eigenvalue weighted by Crippen LogP contribution is 2.25. The maximum atomic E-state index is 5.45. The standard InChI is InChI=1S/C14H23N3O.2ClH/c1-10-7-16-13(11(2)14(10)18-4)9-17-6-5-12(8-17)15-3;;/h7,12,15H,5-6,8-9H2,1-4H3;2*1H. The lowest BCUT2D eigenvalue weighted by Crippen LogP contribution is -2.29. The predicted octanol–water partition coefficient (Wildman–Crippen LogP) is 2.34. The predicted molar refractivity (Wildman–Crippen MR) is 87.5 cm³/mol. The number of rotatable bonds is 4. The summed E-state index contributed by atoms with van der Waals surface area (Å²) in [6.07, 6.45) is 3.13. The minimum absolute atomic E-state index is 0. The first kappa shape index (κ1) is 19.4. The molecule has 0 amide bonds. The van der Waals surface area contributed by atoms with Gasteiger partial charge in [-0.1, -0.05) is 0 Å². The molecule has 1 aliphatic rings. The fourth-order valence-electron chi connectivity index (χ4n) is 2.65.